The maximum absolute atomic E-state index is 14.6. The van der Waals surface area contributed by atoms with E-state index in [0.717, 1.165) is 17.4 Å². The third kappa shape index (κ3) is 5.26. The number of hydrogen-bond donors (Lipinski definition) is 2. The van der Waals surface area contributed by atoms with Gasteiger partial charge in [0.1, 0.15) is 12.7 Å². The van der Waals surface area contributed by atoms with Crippen LogP contribution in [0.3, 0.4) is 0 Å². The molecule has 1 amide bonds. The third-order valence-electron chi connectivity index (χ3n) is 6.47. The first-order valence-corrected chi connectivity index (χ1v) is 11.6. The molecule has 1 saturated heterocycles. The van der Waals surface area contributed by atoms with E-state index in [4.69, 9.17) is 4.52 Å². The molecule has 2 aromatic heterocycles. The Labute approximate surface area is 198 Å². The van der Waals surface area contributed by atoms with Crippen LogP contribution in [0.4, 0.5) is 23.2 Å². The lowest BCUT2D eigenvalue weighted by atomic mass is 10.0. The number of rotatable bonds is 7. The number of likely N-dealkylation sites (tertiary alicyclic amines) is 1. The fraction of sp³-hybridized carbons (Fsp3) is 0.522. The molecule has 0 unspecified atom stereocenters. The summed E-state index contributed by atoms with van der Waals surface area (Å²) in [6.45, 7) is 0.199. The Morgan fingerprint density at radius 2 is 2.06 bits per heavy atom. The van der Waals surface area contributed by atoms with Crippen molar-refractivity contribution in [1.82, 2.24) is 24.9 Å². The maximum Gasteiger partial charge on any atom is 0.406 e. The highest BCUT2D eigenvalue weighted by molar-refractivity contribution is 5.96. The molecule has 188 valence electrons. The zero-order chi connectivity index (χ0) is 24.7. The summed E-state index contributed by atoms with van der Waals surface area (Å²) in [5.41, 5.74) is 0.861. The number of fused-ring (bicyclic) bond motifs is 1. The summed E-state index contributed by atoms with van der Waals surface area (Å²) >= 11 is 0. The molecule has 35 heavy (non-hydrogen) atoms. The van der Waals surface area contributed by atoms with Crippen molar-refractivity contribution in [3.05, 3.63) is 30.2 Å². The van der Waals surface area contributed by atoms with E-state index in [2.05, 4.69) is 20.8 Å². The molecule has 8 nitrogen and oxygen atoms in total. The Hall–Kier alpha value is -3.15. The molecule has 1 aromatic carbocycles. The minimum absolute atomic E-state index is 0.0525. The van der Waals surface area contributed by atoms with E-state index in [-0.39, 0.29) is 29.5 Å². The van der Waals surface area contributed by atoms with E-state index in [1.54, 1.807) is 18.2 Å². The van der Waals surface area contributed by atoms with Crippen LogP contribution in [0.25, 0.3) is 22.4 Å². The molecule has 1 aliphatic heterocycles. The van der Waals surface area contributed by atoms with Gasteiger partial charge in [-0.3, -0.25) is 4.79 Å². The summed E-state index contributed by atoms with van der Waals surface area (Å²) < 4.78 is 61.2. The Balaban J connectivity index is 1.49. The number of carbonyl (C=O) groups excluding carboxylic acids is 1. The highest BCUT2D eigenvalue weighted by Crippen LogP contribution is 2.35. The molecule has 3 aromatic rings. The smallest absolute Gasteiger partial charge is 0.379 e. The van der Waals surface area contributed by atoms with Crippen LogP contribution in [0.15, 0.2) is 28.8 Å². The lowest BCUT2D eigenvalue weighted by Gasteiger charge is -2.33. The number of amides is 1. The molecule has 1 aliphatic carbocycles. The van der Waals surface area contributed by atoms with Gasteiger partial charge in [0, 0.05) is 30.7 Å². The topological polar surface area (TPSA) is 88.2 Å². The first kappa shape index (κ1) is 23.6. The highest BCUT2D eigenvalue weighted by Gasteiger charge is 2.33. The summed E-state index contributed by atoms with van der Waals surface area (Å²) in [6, 6.07) is 5.94. The minimum atomic E-state index is -4.52. The van der Waals surface area contributed by atoms with Crippen LogP contribution in [0.5, 0.6) is 0 Å². The van der Waals surface area contributed by atoms with Crippen LogP contribution in [0.1, 0.15) is 29.9 Å². The Morgan fingerprint density at radius 1 is 1.26 bits per heavy atom. The predicted octanol–water partition coefficient (Wildman–Crippen LogP) is 3.85. The first-order valence-electron chi connectivity index (χ1n) is 11.6. The van der Waals surface area contributed by atoms with Gasteiger partial charge < -0.3 is 24.6 Å². The SMILES string of the molecule is CN1CC[C@@H](Nc2cccc3c2cc(-c2noc(C(=O)NCC4CC4)n2)n3CC(F)(F)F)[C@@H](F)C1. The van der Waals surface area contributed by atoms with Gasteiger partial charge in [-0.2, -0.15) is 18.2 Å². The molecule has 0 radical (unpaired) electrons. The number of piperidine rings is 1. The van der Waals surface area contributed by atoms with E-state index in [1.165, 1.54) is 6.07 Å². The zero-order valence-corrected chi connectivity index (χ0v) is 19.1. The van der Waals surface area contributed by atoms with Gasteiger partial charge in [-0.05, 0) is 50.4 Å². The molecule has 5 rings (SSSR count). The van der Waals surface area contributed by atoms with Crippen LogP contribution < -0.4 is 10.6 Å². The molecule has 2 fully saturated rings. The lowest BCUT2D eigenvalue weighted by molar-refractivity contribution is -0.139. The second-order valence-corrected chi connectivity index (χ2v) is 9.36. The van der Waals surface area contributed by atoms with Crippen LogP contribution in [0.2, 0.25) is 0 Å². The summed E-state index contributed by atoms with van der Waals surface area (Å²) in [5.74, 6) is -0.562. The number of hydrogen-bond acceptors (Lipinski definition) is 6. The summed E-state index contributed by atoms with van der Waals surface area (Å²) in [6.07, 6.45) is -2.98. The first-order chi connectivity index (χ1) is 16.7. The van der Waals surface area contributed by atoms with Crippen molar-refractivity contribution >= 4 is 22.5 Å². The van der Waals surface area contributed by atoms with Crippen molar-refractivity contribution in [2.75, 3.05) is 32.0 Å². The van der Waals surface area contributed by atoms with Gasteiger partial charge in [-0.25, -0.2) is 4.39 Å². The molecule has 0 bridgehead atoms. The van der Waals surface area contributed by atoms with Crippen molar-refractivity contribution in [3.8, 4) is 11.5 Å². The Kier molecular flexibility index (Phi) is 6.16. The summed E-state index contributed by atoms with van der Waals surface area (Å²) in [4.78, 5) is 18.3. The van der Waals surface area contributed by atoms with Gasteiger partial charge in [0.25, 0.3) is 0 Å². The molecule has 2 N–H and O–H groups in total. The Morgan fingerprint density at radius 3 is 2.77 bits per heavy atom. The van der Waals surface area contributed by atoms with Crippen LogP contribution in [-0.4, -0.2) is 70.6 Å². The second kappa shape index (κ2) is 9.14. The van der Waals surface area contributed by atoms with Gasteiger partial charge in [-0.15, -0.1) is 0 Å². The van der Waals surface area contributed by atoms with E-state index in [1.807, 2.05) is 11.9 Å². The van der Waals surface area contributed by atoms with Crippen molar-refractivity contribution < 1.29 is 26.9 Å². The standard InChI is InChI=1S/C23H26F4N6O2/c1-32-8-7-17(15(24)11-32)29-16-3-2-4-18-14(16)9-19(33(18)12-23(25,26)27)20-30-22(35-31-20)21(34)28-10-13-5-6-13/h2-4,9,13,15,17,29H,5-8,10-12H2,1H3,(H,28,34)/t15-,17+/m0/s1. The summed E-state index contributed by atoms with van der Waals surface area (Å²) in [7, 11) is 1.85. The van der Waals surface area contributed by atoms with Crippen LogP contribution >= 0.6 is 0 Å². The van der Waals surface area contributed by atoms with Gasteiger partial charge in [0.05, 0.1) is 17.3 Å². The van der Waals surface area contributed by atoms with E-state index >= 15 is 0 Å². The Bertz CT molecular complexity index is 1220. The van der Waals surface area contributed by atoms with E-state index in [0.29, 0.717) is 36.5 Å². The average Bonchev–Trinajstić information content (AvgIpc) is 3.37. The number of aromatic nitrogens is 3. The van der Waals surface area contributed by atoms with Crippen molar-refractivity contribution in [1.29, 1.82) is 0 Å². The monoisotopic (exact) mass is 494 g/mol. The predicted molar refractivity (Wildman–Crippen MR) is 121 cm³/mol. The lowest BCUT2D eigenvalue weighted by Crippen LogP contribution is -2.46. The molecule has 2 aliphatic rings. The molecule has 12 heteroatoms. The third-order valence-corrected chi connectivity index (χ3v) is 6.47. The normalized spacial score (nSPS) is 21.4. The molecule has 3 heterocycles. The van der Waals surface area contributed by atoms with Crippen molar-refractivity contribution in [2.24, 2.45) is 5.92 Å². The van der Waals surface area contributed by atoms with E-state index in [9.17, 15) is 22.4 Å². The number of alkyl halides is 4. The number of nitrogens with zero attached hydrogens (tertiary/aromatic N) is 4. The van der Waals surface area contributed by atoms with Crippen molar-refractivity contribution in [2.45, 2.75) is 44.2 Å². The van der Waals surface area contributed by atoms with Crippen LogP contribution in [0, 0.1) is 5.92 Å². The highest BCUT2D eigenvalue weighted by atomic mass is 19.4. The molecular formula is C23H26F4N6O2. The number of anilines is 1. The molecule has 0 spiro atoms. The quantitative estimate of drug-likeness (QED) is 0.486. The molecule has 2 atom stereocenters. The fourth-order valence-electron chi connectivity index (χ4n) is 4.42. The number of nitrogens with one attached hydrogen (secondary N) is 2. The average molecular weight is 494 g/mol. The number of carbonyl (C=O) groups is 1. The maximum atomic E-state index is 14.6. The number of benzene rings is 1. The molecular weight excluding hydrogens is 468 g/mol. The minimum Gasteiger partial charge on any atom is -0.379 e. The van der Waals surface area contributed by atoms with Gasteiger partial charge in [0.2, 0.25) is 5.82 Å². The van der Waals surface area contributed by atoms with Crippen LogP contribution in [-0.2, 0) is 6.54 Å². The number of halogens is 4. The van der Waals surface area contributed by atoms with E-state index < -0.39 is 30.8 Å². The molecule has 1 saturated carbocycles. The van der Waals surface area contributed by atoms with Gasteiger partial charge in [0.15, 0.2) is 0 Å². The fourth-order valence-corrected chi connectivity index (χ4v) is 4.42. The second-order valence-electron chi connectivity index (χ2n) is 9.36. The largest absolute Gasteiger partial charge is 0.406 e. The summed E-state index contributed by atoms with van der Waals surface area (Å²) in [5, 5.41) is 10.1. The van der Waals surface area contributed by atoms with Gasteiger partial charge in [-0.1, -0.05) is 11.2 Å². The zero-order valence-electron chi connectivity index (χ0n) is 19.1. The van der Waals surface area contributed by atoms with Crippen molar-refractivity contribution in [3.63, 3.8) is 0 Å². The van der Waals surface area contributed by atoms with Gasteiger partial charge >= 0.3 is 18.0 Å².